The molecule has 0 radical (unpaired) electrons. The Bertz CT molecular complexity index is 1380. The number of allylic oxidation sites excluding steroid dienone is 12. The van der Waals surface area contributed by atoms with Crippen molar-refractivity contribution in [2.75, 3.05) is 47.5 Å². The molecule has 10 heteroatoms. The van der Waals surface area contributed by atoms with E-state index < -0.39 is 26.5 Å². The maximum Gasteiger partial charge on any atom is 0.472 e. The molecule has 1 N–H and O–H groups in total. The van der Waals surface area contributed by atoms with Gasteiger partial charge >= 0.3 is 19.8 Å². The SMILES string of the molecule is CC/C=C\C/C=C\C/C=C\C/C=C\C/C=C\C/C=C\CCC(=O)OC(COC(=O)CCCCCCCCCCCCCCCCCCCCCCCCCCC)COP(=O)(O)OCC[N+](C)(C)C. The van der Waals surface area contributed by atoms with E-state index in [9.17, 15) is 19.0 Å². The minimum absolute atomic E-state index is 0.0162. The monoisotopic (exact) mass is 975 g/mol. The number of carbonyl (C=O) groups excluding carboxylic acids is 2. The number of unbranched alkanes of at least 4 members (excludes halogenated alkanes) is 24. The van der Waals surface area contributed by atoms with Crippen LogP contribution in [0.1, 0.15) is 232 Å². The topological polar surface area (TPSA) is 108 Å². The largest absolute Gasteiger partial charge is 0.472 e. The van der Waals surface area contributed by atoms with Crippen LogP contribution in [0, 0.1) is 0 Å². The fourth-order valence-electron chi connectivity index (χ4n) is 7.51. The van der Waals surface area contributed by atoms with Gasteiger partial charge in [-0.1, -0.05) is 241 Å². The van der Waals surface area contributed by atoms with Gasteiger partial charge in [0.05, 0.1) is 27.7 Å². The first-order chi connectivity index (χ1) is 33.0. The van der Waals surface area contributed by atoms with Crippen molar-refractivity contribution in [1.29, 1.82) is 0 Å². The predicted octanol–water partition coefficient (Wildman–Crippen LogP) is 16.9. The number of esters is 2. The first-order valence-corrected chi connectivity index (χ1v) is 29.2. The molecule has 0 saturated heterocycles. The Labute approximate surface area is 418 Å². The molecule has 0 amide bonds. The maximum atomic E-state index is 12.7. The van der Waals surface area contributed by atoms with E-state index >= 15 is 0 Å². The Hall–Kier alpha value is -2.55. The number of likely N-dealkylation sites (N-methyl/N-ethyl adjacent to an activating group) is 1. The molecule has 0 rings (SSSR count). The fraction of sp³-hybridized carbons (Fsp3) is 0.759. The Morgan fingerprint density at radius 3 is 1.22 bits per heavy atom. The van der Waals surface area contributed by atoms with Crippen LogP contribution in [0.25, 0.3) is 0 Å². The van der Waals surface area contributed by atoms with E-state index in [1.807, 2.05) is 33.3 Å². The molecule has 0 aromatic carbocycles. The number of phosphoric acid groups is 1. The zero-order valence-corrected chi connectivity index (χ0v) is 45.5. The first kappa shape index (κ1) is 65.5. The van der Waals surface area contributed by atoms with Gasteiger partial charge in [-0.2, -0.15) is 0 Å². The van der Waals surface area contributed by atoms with Crippen LogP contribution in [0.4, 0.5) is 0 Å². The quantitative estimate of drug-likeness (QED) is 0.0211. The molecule has 0 aromatic rings. The first-order valence-electron chi connectivity index (χ1n) is 27.7. The molecular formula is C58H105NO8P+. The van der Waals surface area contributed by atoms with Gasteiger partial charge in [0, 0.05) is 12.8 Å². The molecule has 2 atom stereocenters. The van der Waals surface area contributed by atoms with Crippen molar-refractivity contribution in [3.8, 4) is 0 Å². The summed E-state index contributed by atoms with van der Waals surface area (Å²) in [5.41, 5.74) is 0. The molecule has 0 heterocycles. The van der Waals surface area contributed by atoms with Gasteiger partial charge in [-0.25, -0.2) is 4.57 Å². The number of nitrogens with zero attached hydrogens (tertiary/aromatic N) is 1. The number of rotatable bonds is 50. The van der Waals surface area contributed by atoms with Gasteiger partial charge in [-0.05, 0) is 51.4 Å². The van der Waals surface area contributed by atoms with Crippen molar-refractivity contribution >= 4 is 19.8 Å². The third-order valence-electron chi connectivity index (χ3n) is 11.8. The Balaban J connectivity index is 4.24. The molecule has 9 nitrogen and oxygen atoms in total. The van der Waals surface area contributed by atoms with E-state index in [4.69, 9.17) is 18.5 Å². The summed E-state index contributed by atoms with van der Waals surface area (Å²) in [6.07, 6.45) is 64.2. The summed E-state index contributed by atoms with van der Waals surface area (Å²) in [5, 5.41) is 0. The number of hydrogen-bond donors (Lipinski definition) is 1. The van der Waals surface area contributed by atoms with Crippen molar-refractivity contribution in [3.05, 3.63) is 72.9 Å². The Morgan fingerprint density at radius 2 is 0.838 bits per heavy atom. The van der Waals surface area contributed by atoms with Crippen molar-refractivity contribution in [3.63, 3.8) is 0 Å². The third-order valence-corrected chi connectivity index (χ3v) is 12.7. The smallest absolute Gasteiger partial charge is 0.462 e. The summed E-state index contributed by atoms with van der Waals surface area (Å²) < 4.78 is 34.4. The van der Waals surface area contributed by atoms with E-state index in [0.29, 0.717) is 17.4 Å². The van der Waals surface area contributed by atoms with Gasteiger partial charge < -0.3 is 18.9 Å². The van der Waals surface area contributed by atoms with Crippen molar-refractivity contribution in [2.24, 2.45) is 0 Å². The van der Waals surface area contributed by atoms with Crippen LogP contribution in [0.2, 0.25) is 0 Å². The predicted molar refractivity (Wildman–Crippen MR) is 289 cm³/mol. The van der Waals surface area contributed by atoms with E-state index in [-0.39, 0.29) is 32.0 Å². The number of phosphoric ester groups is 1. The molecule has 0 saturated carbocycles. The lowest BCUT2D eigenvalue weighted by molar-refractivity contribution is -0.870. The Morgan fingerprint density at radius 1 is 0.471 bits per heavy atom. The lowest BCUT2D eigenvalue weighted by atomic mass is 10.0. The van der Waals surface area contributed by atoms with Crippen LogP contribution in [0.15, 0.2) is 72.9 Å². The van der Waals surface area contributed by atoms with Crippen molar-refractivity contribution in [1.82, 2.24) is 0 Å². The molecule has 0 aliphatic carbocycles. The van der Waals surface area contributed by atoms with Crippen molar-refractivity contribution in [2.45, 2.75) is 238 Å². The van der Waals surface area contributed by atoms with Crippen LogP contribution < -0.4 is 0 Å². The van der Waals surface area contributed by atoms with Gasteiger partial charge in [0.25, 0.3) is 0 Å². The van der Waals surface area contributed by atoms with Crippen LogP contribution >= 0.6 is 7.82 Å². The lowest BCUT2D eigenvalue weighted by Gasteiger charge is -2.24. The van der Waals surface area contributed by atoms with Crippen molar-refractivity contribution < 1.29 is 42.1 Å². The second-order valence-electron chi connectivity index (χ2n) is 19.6. The molecule has 0 aromatic heterocycles. The van der Waals surface area contributed by atoms with Gasteiger partial charge in [0.1, 0.15) is 19.8 Å². The summed E-state index contributed by atoms with van der Waals surface area (Å²) in [7, 11) is 1.43. The molecule has 0 bridgehead atoms. The number of carbonyl (C=O) groups is 2. The second kappa shape index (κ2) is 49.4. The minimum Gasteiger partial charge on any atom is -0.462 e. The van der Waals surface area contributed by atoms with Gasteiger partial charge in [0.15, 0.2) is 6.10 Å². The molecule has 0 aliphatic heterocycles. The van der Waals surface area contributed by atoms with Crippen LogP contribution in [0.5, 0.6) is 0 Å². The molecule has 68 heavy (non-hydrogen) atoms. The molecule has 0 fully saturated rings. The molecule has 0 spiro atoms. The highest BCUT2D eigenvalue weighted by molar-refractivity contribution is 7.47. The van der Waals surface area contributed by atoms with Crippen LogP contribution in [-0.4, -0.2) is 74.9 Å². The number of hydrogen-bond acceptors (Lipinski definition) is 7. The summed E-state index contributed by atoms with van der Waals surface area (Å²) in [6, 6.07) is 0. The summed E-state index contributed by atoms with van der Waals surface area (Å²) in [4.78, 5) is 35.6. The highest BCUT2D eigenvalue weighted by atomic mass is 31.2. The van der Waals surface area contributed by atoms with Crippen LogP contribution in [-0.2, 0) is 32.7 Å². The van der Waals surface area contributed by atoms with E-state index in [0.717, 1.165) is 57.8 Å². The molecular weight excluding hydrogens is 870 g/mol. The average molecular weight is 975 g/mol. The summed E-state index contributed by atoms with van der Waals surface area (Å²) >= 11 is 0. The van der Waals surface area contributed by atoms with Gasteiger partial charge in [0.2, 0.25) is 0 Å². The minimum atomic E-state index is -4.41. The highest BCUT2D eigenvalue weighted by Crippen LogP contribution is 2.43. The normalized spacial score (nSPS) is 13.9. The maximum absolute atomic E-state index is 12.7. The highest BCUT2D eigenvalue weighted by Gasteiger charge is 2.27. The third kappa shape index (κ3) is 52.8. The van der Waals surface area contributed by atoms with Gasteiger partial charge in [-0.3, -0.25) is 18.6 Å². The summed E-state index contributed by atoms with van der Waals surface area (Å²) in [6.45, 7) is 4.25. The number of quaternary nitrogens is 1. The molecule has 394 valence electrons. The van der Waals surface area contributed by atoms with E-state index in [2.05, 4.69) is 74.6 Å². The molecule has 2 unspecified atom stereocenters. The van der Waals surface area contributed by atoms with E-state index in [1.165, 1.54) is 141 Å². The Kier molecular flexibility index (Phi) is 47.6. The lowest BCUT2D eigenvalue weighted by Crippen LogP contribution is -2.37. The number of ether oxygens (including phenoxy) is 2. The zero-order valence-electron chi connectivity index (χ0n) is 44.6. The second-order valence-corrected chi connectivity index (χ2v) is 21.0. The molecule has 0 aliphatic rings. The summed E-state index contributed by atoms with van der Waals surface area (Å²) in [5.74, 6) is -0.891. The zero-order chi connectivity index (χ0) is 49.9. The van der Waals surface area contributed by atoms with Crippen LogP contribution in [0.3, 0.4) is 0 Å². The van der Waals surface area contributed by atoms with E-state index in [1.54, 1.807) is 0 Å². The standard InChI is InChI=1S/C58H104NO8P/c1-6-8-10-12-14-16-18-20-22-24-26-27-28-29-30-31-33-34-36-38-40-42-44-46-48-50-57(60)64-54-56(55-66-68(62,63)65-53-52-59(3,4)5)67-58(61)51-49-47-45-43-41-39-37-35-32-25-23-21-19-17-15-13-11-9-7-2/h9,11,15,17,21,23,32,35,39,41,45,47,56H,6-8,10,12-14,16,18-20,22,24-31,33-34,36-38,40,42-44,46,48-55H2,1-5H3/p+1/b11-9-,17-15-,23-21-,35-32-,41-39-,47-45-. The fourth-order valence-corrected chi connectivity index (χ4v) is 8.25. The average Bonchev–Trinajstić information content (AvgIpc) is 3.30. The van der Waals surface area contributed by atoms with Gasteiger partial charge in [-0.15, -0.1) is 0 Å².